The first-order valence-corrected chi connectivity index (χ1v) is 10.4. The van der Waals surface area contributed by atoms with E-state index in [9.17, 15) is 5.11 Å². The molecule has 3 rings (SSSR count). The maximum atomic E-state index is 10.5. The molecule has 0 saturated carbocycles. The Morgan fingerprint density at radius 2 is 1.76 bits per heavy atom. The van der Waals surface area contributed by atoms with Crippen LogP contribution >= 0.6 is 0 Å². The van der Waals surface area contributed by atoms with Crippen LogP contribution in [0.2, 0.25) is 0 Å². The third-order valence-electron chi connectivity index (χ3n) is 4.78. The number of nitrogens with zero attached hydrogens (tertiary/aromatic N) is 2. The van der Waals surface area contributed by atoms with Gasteiger partial charge in [-0.25, -0.2) is 0 Å². The third kappa shape index (κ3) is 7.28. The van der Waals surface area contributed by atoms with E-state index in [-0.39, 0.29) is 6.10 Å². The molecule has 2 aromatic rings. The van der Waals surface area contributed by atoms with E-state index in [1.54, 1.807) is 0 Å². The van der Waals surface area contributed by atoms with Gasteiger partial charge in [0.15, 0.2) is 0 Å². The van der Waals surface area contributed by atoms with Crippen molar-refractivity contribution in [3.63, 3.8) is 0 Å². The Labute approximate surface area is 173 Å². The zero-order valence-corrected chi connectivity index (χ0v) is 17.4. The molecule has 0 bridgehead atoms. The van der Waals surface area contributed by atoms with Crippen LogP contribution in [0.15, 0.2) is 65.8 Å². The van der Waals surface area contributed by atoms with Crippen molar-refractivity contribution in [2.24, 2.45) is 11.1 Å². The minimum Gasteiger partial charge on any atom is -0.390 e. The number of rotatable bonds is 11. The minimum absolute atomic E-state index is 0.0160. The van der Waals surface area contributed by atoms with Crippen molar-refractivity contribution in [1.82, 2.24) is 4.90 Å². The fraction of sp³-hybridized carbons (Fsp3) is 0.458. The Kier molecular flexibility index (Phi) is 8.23. The van der Waals surface area contributed by atoms with Crippen LogP contribution in [0.4, 0.5) is 0 Å². The van der Waals surface area contributed by atoms with Crippen LogP contribution in [0, 0.1) is 5.92 Å². The average molecular weight is 397 g/mol. The van der Waals surface area contributed by atoms with E-state index in [2.05, 4.69) is 48.2 Å². The Hall–Kier alpha value is -2.21. The van der Waals surface area contributed by atoms with E-state index in [0.717, 1.165) is 24.2 Å². The number of oxime groups is 1. The van der Waals surface area contributed by atoms with Gasteiger partial charge in [-0.2, -0.15) is 0 Å². The molecule has 0 aliphatic carbocycles. The molecule has 0 unspecified atom stereocenters. The van der Waals surface area contributed by atoms with Crippen LogP contribution in [-0.2, 0) is 16.1 Å². The summed E-state index contributed by atoms with van der Waals surface area (Å²) in [5.41, 5.74) is 3.30. The second kappa shape index (κ2) is 11.1. The number of aliphatic hydroxyl groups is 1. The van der Waals surface area contributed by atoms with Gasteiger partial charge in [0.2, 0.25) is 0 Å². The van der Waals surface area contributed by atoms with Gasteiger partial charge in [-0.15, -0.1) is 0 Å². The van der Waals surface area contributed by atoms with Crippen molar-refractivity contribution in [2.75, 3.05) is 26.3 Å². The molecule has 5 heteroatoms. The highest BCUT2D eigenvalue weighted by Crippen LogP contribution is 2.18. The van der Waals surface area contributed by atoms with E-state index in [4.69, 9.17) is 9.57 Å². The molecule has 0 spiro atoms. The summed E-state index contributed by atoms with van der Waals surface area (Å²) >= 11 is 0. The highest BCUT2D eigenvalue weighted by atomic mass is 16.6. The highest BCUT2D eigenvalue weighted by molar-refractivity contribution is 6.01. The van der Waals surface area contributed by atoms with Crippen LogP contribution in [0.25, 0.3) is 0 Å². The molecule has 156 valence electrons. The first-order valence-electron chi connectivity index (χ1n) is 10.4. The van der Waals surface area contributed by atoms with Crippen LogP contribution < -0.4 is 0 Å². The fourth-order valence-electron chi connectivity index (χ4n) is 3.45. The van der Waals surface area contributed by atoms with Crippen LogP contribution in [-0.4, -0.2) is 54.2 Å². The SMILES string of the molecule is CC(C)COC[C@H](O)CN(Cc1ccccc1)C[C@@H]1CC(c2ccccc2)=NO1. The van der Waals surface area contributed by atoms with Crippen molar-refractivity contribution >= 4 is 5.71 Å². The predicted molar refractivity (Wildman–Crippen MR) is 116 cm³/mol. The first-order chi connectivity index (χ1) is 14.1. The number of aliphatic hydroxyl groups excluding tert-OH is 1. The van der Waals surface area contributed by atoms with Gasteiger partial charge in [0.1, 0.15) is 6.10 Å². The van der Waals surface area contributed by atoms with E-state index in [1.807, 2.05) is 36.4 Å². The van der Waals surface area contributed by atoms with Crippen molar-refractivity contribution in [1.29, 1.82) is 0 Å². The average Bonchev–Trinajstić information content (AvgIpc) is 3.17. The molecular formula is C24H32N2O3. The Bertz CT molecular complexity index is 749. The second-order valence-corrected chi connectivity index (χ2v) is 8.10. The Morgan fingerprint density at radius 1 is 1.07 bits per heavy atom. The predicted octanol–water partition coefficient (Wildman–Crippen LogP) is 3.72. The lowest BCUT2D eigenvalue weighted by atomic mass is 10.0. The molecular weight excluding hydrogens is 364 g/mol. The van der Waals surface area contributed by atoms with Gasteiger partial charge in [-0.05, 0) is 17.0 Å². The zero-order chi connectivity index (χ0) is 20.5. The van der Waals surface area contributed by atoms with Gasteiger partial charge in [0.05, 0.1) is 18.4 Å². The van der Waals surface area contributed by atoms with Gasteiger partial charge in [0, 0.05) is 32.7 Å². The van der Waals surface area contributed by atoms with E-state index < -0.39 is 6.10 Å². The molecule has 0 aromatic heterocycles. The molecule has 1 aliphatic heterocycles. The molecule has 1 aliphatic rings. The summed E-state index contributed by atoms with van der Waals surface area (Å²) in [4.78, 5) is 7.94. The molecule has 29 heavy (non-hydrogen) atoms. The van der Waals surface area contributed by atoms with Gasteiger partial charge < -0.3 is 14.7 Å². The summed E-state index contributed by atoms with van der Waals surface area (Å²) in [7, 11) is 0. The first kappa shape index (κ1) is 21.5. The summed E-state index contributed by atoms with van der Waals surface area (Å²) in [6.07, 6.45) is 0.223. The Morgan fingerprint density at radius 3 is 2.45 bits per heavy atom. The fourth-order valence-corrected chi connectivity index (χ4v) is 3.45. The van der Waals surface area contributed by atoms with Gasteiger partial charge in [-0.3, -0.25) is 4.90 Å². The van der Waals surface area contributed by atoms with Crippen LogP contribution in [0.1, 0.15) is 31.4 Å². The van der Waals surface area contributed by atoms with Crippen molar-refractivity contribution < 1.29 is 14.7 Å². The monoisotopic (exact) mass is 396 g/mol. The van der Waals surface area contributed by atoms with Crippen LogP contribution in [0.3, 0.4) is 0 Å². The van der Waals surface area contributed by atoms with Gasteiger partial charge in [-0.1, -0.05) is 79.7 Å². The molecule has 0 radical (unpaired) electrons. The number of hydrogen-bond donors (Lipinski definition) is 1. The van der Waals surface area contributed by atoms with E-state index >= 15 is 0 Å². The number of hydrogen-bond acceptors (Lipinski definition) is 5. The quantitative estimate of drug-likeness (QED) is 0.629. The second-order valence-electron chi connectivity index (χ2n) is 8.10. The molecule has 0 saturated heterocycles. The third-order valence-corrected chi connectivity index (χ3v) is 4.78. The zero-order valence-electron chi connectivity index (χ0n) is 17.4. The molecule has 0 amide bonds. The van der Waals surface area contributed by atoms with Crippen molar-refractivity contribution in [3.05, 3.63) is 71.8 Å². The summed E-state index contributed by atoms with van der Waals surface area (Å²) in [5, 5.41) is 14.8. The molecule has 2 aromatic carbocycles. The van der Waals surface area contributed by atoms with Crippen molar-refractivity contribution in [2.45, 2.75) is 39.0 Å². The normalized spacial score (nSPS) is 17.4. The Balaban J connectivity index is 1.56. The standard InChI is InChI=1S/C24H32N2O3/c1-19(2)17-28-18-22(27)15-26(14-20-9-5-3-6-10-20)16-23-13-24(25-29-23)21-11-7-4-8-12-21/h3-12,19,22-23,27H,13-18H2,1-2H3/t22-,23+/m1/s1. The minimum atomic E-state index is -0.534. The van der Waals surface area contributed by atoms with Crippen molar-refractivity contribution in [3.8, 4) is 0 Å². The molecule has 1 N–H and O–H groups in total. The number of ether oxygens (including phenoxy) is 1. The van der Waals surface area contributed by atoms with Gasteiger partial charge in [0.25, 0.3) is 0 Å². The van der Waals surface area contributed by atoms with Crippen LogP contribution in [0.5, 0.6) is 0 Å². The summed E-state index contributed by atoms with van der Waals surface area (Å²) in [6.45, 7) is 7.22. The highest BCUT2D eigenvalue weighted by Gasteiger charge is 2.25. The maximum absolute atomic E-state index is 10.5. The smallest absolute Gasteiger partial charge is 0.145 e. The largest absolute Gasteiger partial charge is 0.390 e. The molecule has 0 fully saturated rings. The lowest BCUT2D eigenvalue weighted by molar-refractivity contribution is -0.00734. The molecule has 1 heterocycles. The summed E-state index contributed by atoms with van der Waals surface area (Å²) < 4.78 is 5.62. The lowest BCUT2D eigenvalue weighted by Crippen LogP contribution is -2.39. The summed E-state index contributed by atoms with van der Waals surface area (Å²) in [6, 6.07) is 20.5. The molecule has 5 nitrogen and oxygen atoms in total. The topological polar surface area (TPSA) is 54.3 Å². The summed E-state index contributed by atoms with van der Waals surface area (Å²) in [5.74, 6) is 0.461. The van der Waals surface area contributed by atoms with E-state index in [0.29, 0.717) is 32.2 Å². The van der Waals surface area contributed by atoms with E-state index in [1.165, 1.54) is 5.56 Å². The maximum Gasteiger partial charge on any atom is 0.145 e. The molecule has 2 atom stereocenters. The lowest BCUT2D eigenvalue weighted by Gasteiger charge is -2.27. The number of benzene rings is 2. The van der Waals surface area contributed by atoms with Gasteiger partial charge >= 0.3 is 0 Å².